The Kier molecular flexibility index (Phi) is 3.48. The normalized spacial score (nSPS) is 17.4. The average Bonchev–Trinajstić information content (AvgIpc) is 2.81. The number of esters is 1. The largest absolute Gasteiger partial charge is 0.460 e. The van der Waals surface area contributed by atoms with Gasteiger partial charge in [-0.25, -0.2) is 9.18 Å². The number of nitrogens with two attached hydrogens (primary N) is 1. The van der Waals surface area contributed by atoms with Gasteiger partial charge >= 0.3 is 5.97 Å². The Morgan fingerprint density at radius 1 is 1.45 bits per heavy atom. The zero-order chi connectivity index (χ0) is 15.9. The second-order valence-electron chi connectivity index (χ2n) is 5.07. The molecule has 0 radical (unpaired) electrons. The van der Waals surface area contributed by atoms with Crippen LogP contribution in [-0.4, -0.2) is 31.1 Å². The highest BCUT2D eigenvalue weighted by atomic mass is 19.1. The third-order valence-corrected chi connectivity index (χ3v) is 3.73. The number of fused-ring (bicyclic) bond motifs is 1. The number of ether oxygens (including phenoxy) is 1. The minimum absolute atomic E-state index is 0.0528. The fraction of sp³-hybridized carbons (Fsp3) is 0.333. The summed E-state index contributed by atoms with van der Waals surface area (Å²) in [6, 6.07) is 3.78. The molecule has 1 unspecified atom stereocenters. The summed E-state index contributed by atoms with van der Waals surface area (Å²) < 4.78 is 24.4. The van der Waals surface area contributed by atoms with E-state index in [4.69, 9.17) is 14.9 Å². The summed E-state index contributed by atoms with van der Waals surface area (Å²) in [6.45, 7) is 2.49. The zero-order valence-corrected chi connectivity index (χ0v) is 12.0. The van der Waals surface area contributed by atoms with Crippen LogP contribution in [-0.2, 0) is 9.53 Å². The Hall–Kier alpha value is -2.57. The summed E-state index contributed by atoms with van der Waals surface area (Å²) in [5.41, 5.74) is 6.03. The molecule has 1 saturated heterocycles. The van der Waals surface area contributed by atoms with E-state index in [2.05, 4.69) is 0 Å². The van der Waals surface area contributed by atoms with Gasteiger partial charge in [0.05, 0.1) is 12.0 Å². The van der Waals surface area contributed by atoms with Crippen molar-refractivity contribution in [1.82, 2.24) is 0 Å². The molecule has 0 spiro atoms. The highest BCUT2D eigenvalue weighted by Crippen LogP contribution is 2.32. The number of furan rings is 1. The molecule has 0 aliphatic carbocycles. The van der Waals surface area contributed by atoms with Crippen LogP contribution in [0.15, 0.2) is 22.6 Å². The maximum absolute atomic E-state index is 14.2. The number of hydrogen-bond acceptors (Lipinski definition) is 5. The number of hydrogen-bond donors (Lipinski definition) is 1. The van der Waals surface area contributed by atoms with E-state index in [0.29, 0.717) is 18.7 Å². The molecule has 1 aromatic carbocycles. The van der Waals surface area contributed by atoms with E-state index in [1.807, 2.05) is 0 Å². The summed E-state index contributed by atoms with van der Waals surface area (Å²) in [4.78, 5) is 24.6. The second kappa shape index (κ2) is 5.32. The highest BCUT2D eigenvalue weighted by Gasteiger charge is 2.33. The molecule has 1 fully saturated rings. The molecule has 2 N–H and O–H groups in total. The minimum Gasteiger partial charge on any atom is -0.460 e. The van der Waals surface area contributed by atoms with Crippen molar-refractivity contribution in [3.05, 3.63) is 29.8 Å². The Labute approximate surface area is 125 Å². The predicted molar refractivity (Wildman–Crippen MR) is 77.1 cm³/mol. The standard InChI is InChI=1S/C15H15FN2O4/c1-2-21-15(20)13-7-9-10(16)5-8(6-12(9)22-13)18-4-3-11(18)14(17)19/h5-7,11H,2-4H2,1H3,(H2,17,19). The van der Waals surface area contributed by atoms with Crippen molar-refractivity contribution >= 4 is 28.5 Å². The maximum Gasteiger partial charge on any atom is 0.374 e. The van der Waals surface area contributed by atoms with Gasteiger partial charge in [0.2, 0.25) is 11.7 Å². The van der Waals surface area contributed by atoms with Crippen molar-refractivity contribution in [3.8, 4) is 0 Å². The topological polar surface area (TPSA) is 85.8 Å². The number of carbonyl (C=O) groups excluding carboxylic acids is 2. The van der Waals surface area contributed by atoms with Crippen LogP contribution >= 0.6 is 0 Å². The lowest BCUT2D eigenvalue weighted by Crippen LogP contribution is -2.55. The van der Waals surface area contributed by atoms with Crippen molar-refractivity contribution in [2.75, 3.05) is 18.1 Å². The molecule has 1 amide bonds. The van der Waals surface area contributed by atoms with Gasteiger partial charge in [-0.1, -0.05) is 0 Å². The fourth-order valence-corrected chi connectivity index (χ4v) is 2.54. The SMILES string of the molecule is CCOC(=O)c1cc2c(F)cc(N3CCC3C(N)=O)cc2o1. The van der Waals surface area contributed by atoms with E-state index in [1.54, 1.807) is 17.9 Å². The lowest BCUT2D eigenvalue weighted by atomic mass is 10.0. The van der Waals surface area contributed by atoms with E-state index in [9.17, 15) is 14.0 Å². The number of carbonyl (C=O) groups is 2. The monoisotopic (exact) mass is 306 g/mol. The van der Waals surface area contributed by atoms with Crippen molar-refractivity contribution < 1.29 is 23.1 Å². The number of primary amides is 1. The van der Waals surface area contributed by atoms with E-state index in [0.717, 1.165) is 0 Å². The number of anilines is 1. The minimum atomic E-state index is -0.640. The molecule has 1 aromatic heterocycles. The van der Waals surface area contributed by atoms with E-state index in [-0.39, 0.29) is 23.3 Å². The van der Waals surface area contributed by atoms with Crippen molar-refractivity contribution in [3.63, 3.8) is 0 Å². The second-order valence-corrected chi connectivity index (χ2v) is 5.07. The highest BCUT2D eigenvalue weighted by molar-refractivity contribution is 5.94. The van der Waals surface area contributed by atoms with Gasteiger partial charge in [-0.05, 0) is 19.4 Å². The van der Waals surface area contributed by atoms with Crippen LogP contribution in [0.4, 0.5) is 10.1 Å². The molecule has 2 aromatic rings. The lowest BCUT2D eigenvalue weighted by molar-refractivity contribution is -0.120. The van der Waals surface area contributed by atoms with E-state index < -0.39 is 23.7 Å². The molecular weight excluding hydrogens is 291 g/mol. The molecule has 0 saturated carbocycles. The van der Waals surface area contributed by atoms with E-state index in [1.165, 1.54) is 12.1 Å². The van der Waals surface area contributed by atoms with Crippen LogP contribution in [0, 0.1) is 5.82 Å². The first kappa shape index (κ1) is 14.4. The summed E-state index contributed by atoms with van der Waals surface area (Å²) in [5, 5.41) is 0.197. The van der Waals surface area contributed by atoms with Gasteiger partial charge in [0.15, 0.2) is 0 Å². The maximum atomic E-state index is 14.2. The first-order chi connectivity index (χ1) is 10.5. The Balaban J connectivity index is 1.98. The third-order valence-electron chi connectivity index (χ3n) is 3.73. The van der Waals surface area contributed by atoms with Crippen LogP contribution in [0.5, 0.6) is 0 Å². The van der Waals surface area contributed by atoms with Crippen LogP contribution in [0.25, 0.3) is 11.0 Å². The quantitative estimate of drug-likeness (QED) is 0.871. The van der Waals surface area contributed by atoms with Gasteiger partial charge in [0, 0.05) is 24.4 Å². The molecule has 6 nitrogen and oxygen atoms in total. The molecule has 2 heterocycles. The first-order valence-corrected chi connectivity index (χ1v) is 6.97. The number of amides is 1. The van der Waals surface area contributed by atoms with Crippen LogP contribution in [0.3, 0.4) is 0 Å². The van der Waals surface area contributed by atoms with Gasteiger partial charge in [-0.2, -0.15) is 0 Å². The van der Waals surface area contributed by atoms with Crippen molar-refractivity contribution in [2.24, 2.45) is 5.73 Å². The van der Waals surface area contributed by atoms with Gasteiger partial charge < -0.3 is 19.8 Å². The van der Waals surface area contributed by atoms with Gasteiger partial charge in [0.25, 0.3) is 0 Å². The number of rotatable bonds is 4. The van der Waals surface area contributed by atoms with Crippen molar-refractivity contribution in [2.45, 2.75) is 19.4 Å². The van der Waals surface area contributed by atoms with Crippen LogP contribution in [0.2, 0.25) is 0 Å². The number of benzene rings is 1. The predicted octanol–water partition coefficient (Wildman–Crippen LogP) is 1.81. The molecule has 3 rings (SSSR count). The molecule has 1 atom stereocenters. The first-order valence-electron chi connectivity index (χ1n) is 6.97. The summed E-state index contributed by atoms with van der Waals surface area (Å²) >= 11 is 0. The summed E-state index contributed by atoms with van der Waals surface area (Å²) in [6.07, 6.45) is 0.640. The summed E-state index contributed by atoms with van der Waals surface area (Å²) in [7, 11) is 0. The molecule has 1 aliphatic rings. The molecule has 116 valence electrons. The van der Waals surface area contributed by atoms with E-state index >= 15 is 0 Å². The summed E-state index contributed by atoms with van der Waals surface area (Å²) in [5.74, 6) is -1.66. The Morgan fingerprint density at radius 2 is 2.23 bits per heavy atom. The Bertz CT molecular complexity index is 755. The van der Waals surface area contributed by atoms with Gasteiger partial charge in [-0.15, -0.1) is 0 Å². The van der Waals surface area contributed by atoms with Crippen LogP contribution in [0.1, 0.15) is 23.9 Å². The Morgan fingerprint density at radius 3 is 2.82 bits per heavy atom. The number of halogens is 1. The molecule has 1 aliphatic heterocycles. The van der Waals surface area contributed by atoms with Crippen LogP contribution < -0.4 is 10.6 Å². The molecule has 0 bridgehead atoms. The average molecular weight is 306 g/mol. The fourth-order valence-electron chi connectivity index (χ4n) is 2.54. The third kappa shape index (κ3) is 2.28. The number of nitrogens with zero attached hydrogens (tertiary/aromatic N) is 1. The lowest BCUT2D eigenvalue weighted by Gasteiger charge is -2.40. The molecule has 7 heteroatoms. The molecule has 22 heavy (non-hydrogen) atoms. The van der Waals surface area contributed by atoms with Gasteiger partial charge in [-0.3, -0.25) is 4.79 Å². The smallest absolute Gasteiger partial charge is 0.374 e. The van der Waals surface area contributed by atoms with Crippen molar-refractivity contribution in [1.29, 1.82) is 0 Å². The van der Waals surface area contributed by atoms with Gasteiger partial charge in [0.1, 0.15) is 17.4 Å². The zero-order valence-electron chi connectivity index (χ0n) is 12.0. The molecular formula is C15H15FN2O4.